The summed E-state index contributed by atoms with van der Waals surface area (Å²) < 4.78 is 0. The van der Waals surface area contributed by atoms with E-state index in [1.807, 2.05) is 12.3 Å². The molecule has 0 radical (unpaired) electrons. The maximum Gasteiger partial charge on any atom is 0.225 e. The van der Waals surface area contributed by atoms with Gasteiger partial charge in [0.05, 0.1) is 5.52 Å². The second-order valence-electron chi connectivity index (χ2n) is 7.08. The van der Waals surface area contributed by atoms with E-state index in [2.05, 4.69) is 39.0 Å². The lowest BCUT2D eigenvalue weighted by Crippen LogP contribution is -2.41. The Morgan fingerprint density at radius 3 is 2.58 bits per heavy atom. The van der Waals surface area contributed by atoms with E-state index in [4.69, 9.17) is 0 Å². The van der Waals surface area contributed by atoms with Crippen molar-refractivity contribution in [3.05, 3.63) is 42.1 Å². The highest BCUT2D eigenvalue weighted by Crippen LogP contribution is 2.24. The molecule has 0 atom stereocenters. The van der Waals surface area contributed by atoms with Crippen LogP contribution >= 0.6 is 0 Å². The molecule has 4 rings (SSSR count). The molecule has 1 aromatic heterocycles. The lowest BCUT2D eigenvalue weighted by Gasteiger charge is -2.33. The van der Waals surface area contributed by atoms with Crippen LogP contribution in [0.1, 0.15) is 31.2 Å². The summed E-state index contributed by atoms with van der Waals surface area (Å²) in [4.78, 5) is 21.6. The number of benzene rings is 1. The molecule has 2 aliphatic heterocycles. The number of rotatable bonds is 3. The van der Waals surface area contributed by atoms with Gasteiger partial charge in [0.25, 0.3) is 0 Å². The normalized spacial score (nSPS) is 19.9. The van der Waals surface area contributed by atoms with Crippen LogP contribution in [0, 0.1) is 5.92 Å². The Morgan fingerprint density at radius 2 is 1.79 bits per heavy atom. The number of hydrogen-bond donors (Lipinski definition) is 0. The predicted octanol–water partition coefficient (Wildman–Crippen LogP) is 3.07. The van der Waals surface area contributed by atoms with Crippen molar-refractivity contribution in [1.29, 1.82) is 0 Å². The first kappa shape index (κ1) is 15.6. The Bertz CT molecular complexity index is 710. The first-order valence-electron chi connectivity index (χ1n) is 9.15. The lowest BCUT2D eigenvalue weighted by molar-refractivity contribution is -0.136. The molecule has 0 bridgehead atoms. The average molecular weight is 323 g/mol. The van der Waals surface area contributed by atoms with Gasteiger partial charge in [-0.1, -0.05) is 24.3 Å². The summed E-state index contributed by atoms with van der Waals surface area (Å²) >= 11 is 0. The van der Waals surface area contributed by atoms with Crippen LogP contribution in [0.15, 0.2) is 36.5 Å². The number of aromatic nitrogens is 1. The fourth-order valence-corrected chi connectivity index (χ4v) is 4.07. The topological polar surface area (TPSA) is 36.4 Å². The van der Waals surface area contributed by atoms with E-state index in [0.29, 0.717) is 5.91 Å². The van der Waals surface area contributed by atoms with Crippen molar-refractivity contribution < 1.29 is 4.79 Å². The summed E-state index contributed by atoms with van der Waals surface area (Å²) in [5, 5.41) is 1.20. The van der Waals surface area contributed by atoms with E-state index in [-0.39, 0.29) is 5.92 Å². The third-order valence-electron chi connectivity index (χ3n) is 5.46. The van der Waals surface area contributed by atoms with Gasteiger partial charge in [-0.25, -0.2) is 0 Å². The largest absolute Gasteiger partial charge is 0.342 e. The SMILES string of the molecule is O=C(C1CCN(Cc2cccc3cccnc23)CC1)N1CCCC1. The molecule has 24 heavy (non-hydrogen) atoms. The van der Waals surface area contributed by atoms with Crippen LogP contribution in [-0.2, 0) is 11.3 Å². The molecule has 4 heteroatoms. The molecule has 0 saturated carbocycles. The highest BCUT2D eigenvalue weighted by Gasteiger charge is 2.29. The van der Waals surface area contributed by atoms with Gasteiger partial charge >= 0.3 is 0 Å². The van der Waals surface area contributed by atoms with Crippen LogP contribution in [0.25, 0.3) is 10.9 Å². The number of nitrogens with zero attached hydrogens (tertiary/aromatic N) is 3. The fraction of sp³-hybridized carbons (Fsp3) is 0.500. The molecular formula is C20H25N3O. The van der Waals surface area contributed by atoms with Gasteiger partial charge in [0.2, 0.25) is 5.91 Å². The highest BCUT2D eigenvalue weighted by atomic mass is 16.2. The van der Waals surface area contributed by atoms with Crippen molar-refractivity contribution in [2.45, 2.75) is 32.2 Å². The molecule has 2 aromatic rings. The van der Waals surface area contributed by atoms with E-state index in [1.165, 1.54) is 23.8 Å². The van der Waals surface area contributed by atoms with Gasteiger partial charge in [-0.05, 0) is 50.4 Å². The Hall–Kier alpha value is -1.94. The molecule has 1 aromatic carbocycles. The van der Waals surface area contributed by atoms with Gasteiger partial charge in [-0.2, -0.15) is 0 Å². The molecule has 0 unspecified atom stereocenters. The highest BCUT2D eigenvalue weighted by molar-refractivity contribution is 5.81. The Morgan fingerprint density at radius 1 is 1.04 bits per heavy atom. The molecule has 2 fully saturated rings. The molecule has 2 aliphatic rings. The Balaban J connectivity index is 1.38. The van der Waals surface area contributed by atoms with Gasteiger partial charge < -0.3 is 4.90 Å². The van der Waals surface area contributed by atoms with Crippen molar-refractivity contribution in [3.63, 3.8) is 0 Å². The molecule has 0 spiro atoms. The van der Waals surface area contributed by atoms with Crippen LogP contribution in [-0.4, -0.2) is 46.9 Å². The first-order chi connectivity index (χ1) is 11.8. The lowest BCUT2D eigenvalue weighted by atomic mass is 9.95. The maximum absolute atomic E-state index is 12.5. The molecule has 3 heterocycles. The maximum atomic E-state index is 12.5. The van der Waals surface area contributed by atoms with Crippen molar-refractivity contribution in [3.8, 4) is 0 Å². The number of amides is 1. The van der Waals surface area contributed by atoms with E-state index in [9.17, 15) is 4.79 Å². The minimum Gasteiger partial charge on any atom is -0.342 e. The van der Waals surface area contributed by atoms with Crippen LogP contribution in [0.3, 0.4) is 0 Å². The quantitative estimate of drug-likeness (QED) is 0.871. The monoisotopic (exact) mass is 323 g/mol. The van der Waals surface area contributed by atoms with Gasteiger partial charge in [-0.15, -0.1) is 0 Å². The van der Waals surface area contributed by atoms with Crippen molar-refractivity contribution >= 4 is 16.8 Å². The number of carbonyl (C=O) groups is 1. The zero-order chi connectivity index (χ0) is 16.4. The Labute approximate surface area is 143 Å². The van der Waals surface area contributed by atoms with Crippen LogP contribution in [0.4, 0.5) is 0 Å². The number of fused-ring (bicyclic) bond motifs is 1. The molecule has 0 N–H and O–H groups in total. The number of hydrogen-bond acceptors (Lipinski definition) is 3. The van der Waals surface area contributed by atoms with E-state index >= 15 is 0 Å². The summed E-state index contributed by atoms with van der Waals surface area (Å²) in [5.74, 6) is 0.643. The summed E-state index contributed by atoms with van der Waals surface area (Å²) in [7, 11) is 0. The van der Waals surface area contributed by atoms with Crippen molar-refractivity contribution in [1.82, 2.24) is 14.8 Å². The molecule has 1 amide bonds. The molecule has 4 nitrogen and oxygen atoms in total. The van der Waals surface area contributed by atoms with Gasteiger partial charge in [0.15, 0.2) is 0 Å². The molecule has 126 valence electrons. The standard InChI is InChI=1S/C20H25N3O/c24-20(23-11-1-2-12-23)17-8-13-22(14-9-17)15-18-6-3-5-16-7-4-10-21-19(16)18/h3-7,10,17H,1-2,8-9,11-15H2. The second-order valence-corrected chi connectivity index (χ2v) is 7.08. The average Bonchev–Trinajstić information content (AvgIpc) is 3.17. The second kappa shape index (κ2) is 6.89. The number of piperidine rings is 1. The van der Waals surface area contributed by atoms with Crippen molar-refractivity contribution in [2.75, 3.05) is 26.2 Å². The van der Waals surface area contributed by atoms with Crippen molar-refractivity contribution in [2.24, 2.45) is 5.92 Å². The number of para-hydroxylation sites is 1. The van der Waals surface area contributed by atoms with E-state index in [1.54, 1.807) is 0 Å². The molecular weight excluding hydrogens is 298 g/mol. The van der Waals surface area contributed by atoms with Gasteiger partial charge in [-0.3, -0.25) is 14.7 Å². The van der Waals surface area contributed by atoms with Crippen LogP contribution in [0.5, 0.6) is 0 Å². The van der Waals surface area contributed by atoms with Gasteiger partial charge in [0, 0.05) is 37.1 Å². The smallest absolute Gasteiger partial charge is 0.225 e. The number of likely N-dealkylation sites (tertiary alicyclic amines) is 2. The number of carbonyl (C=O) groups excluding carboxylic acids is 1. The minimum absolute atomic E-state index is 0.241. The van der Waals surface area contributed by atoms with E-state index in [0.717, 1.165) is 51.1 Å². The third kappa shape index (κ3) is 3.16. The number of pyridine rings is 1. The van der Waals surface area contributed by atoms with Crippen LogP contribution < -0.4 is 0 Å². The summed E-state index contributed by atoms with van der Waals surface area (Å²) in [5.41, 5.74) is 2.40. The first-order valence-corrected chi connectivity index (χ1v) is 9.15. The third-order valence-corrected chi connectivity index (χ3v) is 5.46. The molecule has 0 aliphatic carbocycles. The zero-order valence-electron chi connectivity index (χ0n) is 14.2. The zero-order valence-corrected chi connectivity index (χ0v) is 14.2. The summed E-state index contributed by atoms with van der Waals surface area (Å²) in [6.07, 6.45) is 6.21. The fourth-order valence-electron chi connectivity index (χ4n) is 4.07. The predicted molar refractivity (Wildman–Crippen MR) is 95.6 cm³/mol. The summed E-state index contributed by atoms with van der Waals surface area (Å²) in [6, 6.07) is 10.5. The molecule has 2 saturated heterocycles. The summed E-state index contributed by atoms with van der Waals surface area (Å²) in [6.45, 7) is 4.89. The Kier molecular flexibility index (Phi) is 4.48. The minimum atomic E-state index is 0.241. The van der Waals surface area contributed by atoms with E-state index < -0.39 is 0 Å². The van der Waals surface area contributed by atoms with Crippen LogP contribution in [0.2, 0.25) is 0 Å². The van der Waals surface area contributed by atoms with Gasteiger partial charge in [0.1, 0.15) is 0 Å².